The second-order valence-corrected chi connectivity index (χ2v) is 4.30. The van der Waals surface area contributed by atoms with Crippen molar-refractivity contribution >= 4 is 0 Å². The first-order valence-electron chi connectivity index (χ1n) is 5.70. The molecule has 0 saturated heterocycles. The second kappa shape index (κ2) is 7.40. The van der Waals surface area contributed by atoms with E-state index in [9.17, 15) is 0 Å². The minimum atomic E-state index is 0. The molecule has 0 heterocycles. The van der Waals surface area contributed by atoms with Crippen molar-refractivity contribution in [2.24, 2.45) is 0 Å². The molecule has 0 aliphatic heterocycles. The smallest absolute Gasteiger partial charge is 0.380 e. The molecule has 92 valence electrons. The van der Waals surface area contributed by atoms with Gasteiger partial charge in [0, 0.05) is 31.6 Å². The molecular weight excluding hydrogens is 262 g/mol. The minimum Gasteiger partial charge on any atom is -0.380 e. The van der Waals surface area contributed by atoms with Gasteiger partial charge in [0.2, 0.25) is 0 Å². The maximum atomic E-state index is 4.13. The van der Waals surface area contributed by atoms with E-state index in [1.54, 1.807) is 0 Å². The van der Waals surface area contributed by atoms with Crippen LogP contribution in [0.15, 0.2) is 23.9 Å². The maximum absolute atomic E-state index is 4.13. The molecule has 2 aliphatic carbocycles. The van der Waals surface area contributed by atoms with E-state index in [2.05, 4.69) is 70.2 Å². The van der Waals surface area contributed by atoms with Gasteiger partial charge in [-0.05, 0) is 63.0 Å². The van der Waals surface area contributed by atoms with E-state index in [4.69, 9.17) is 0 Å². The Hall–Kier alpha value is -0.201. The van der Waals surface area contributed by atoms with Gasteiger partial charge in [0.05, 0.1) is 0 Å². The summed E-state index contributed by atoms with van der Waals surface area (Å²) in [6, 6.07) is 0. The third-order valence-electron chi connectivity index (χ3n) is 2.78. The van der Waals surface area contributed by atoms with Crippen LogP contribution in [-0.2, 0) is 17.1 Å². The molecule has 2 heteroatoms. The zero-order valence-electron chi connectivity index (χ0n) is 10.7. The molecule has 0 spiro atoms. The third kappa shape index (κ3) is 3.90. The Bertz CT molecular complexity index is 294. The monoisotopic (exact) mass is 279 g/mol. The van der Waals surface area contributed by atoms with Crippen molar-refractivity contribution in [3.63, 3.8) is 0 Å². The molecule has 0 aromatic rings. The summed E-state index contributed by atoms with van der Waals surface area (Å²) in [6.07, 6.45) is 18.7. The first kappa shape index (κ1) is 15.9. The van der Waals surface area contributed by atoms with Gasteiger partial charge in [0.1, 0.15) is 0 Å². The Morgan fingerprint density at radius 2 is 1.39 bits per heavy atom. The van der Waals surface area contributed by atoms with E-state index >= 15 is 0 Å². The number of nitrogens with zero attached hydrogens (tertiary/aromatic N) is 1. The van der Waals surface area contributed by atoms with Crippen molar-refractivity contribution in [1.82, 2.24) is 4.90 Å². The van der Waals surface area contributed by atoms with E-state index < -0.39 is 0 Å². The normalized spacial score (nSPS) is 22.0. The van der Waals surface area contributed by atoms with Gasteiger partial charge in [0.15, 0.2) is 0 Å². The van der Waals surface area contributed by atoms with E-state index in [0.29, 0.717) is 0 Å². The van der Waals surface area contributed by atoms with E-state index in [0.717, 1.165) is 5.57 Å². The Balaban J connectivity index is 0.00000162. The fourth-order valence-electron chi connectivity index (χ4n) is 1.85. The molecule has 0 unspecified atom stereocenters. The summed E-state index contributed by atoms with van der Waals surface area (Å²) >= 11 is 0. The maximum Gasteiger partial charge on any atom is 2.00 e. The molecule has 0 N–H and O–H groups in total. The summed E-state index contributed by atoms with van der Waals surface area (Å²) in [6.45, 7) is 4.13. The van der Waals surface area contributed by atoms with Crippen LogP contribution in [0.2, 0.25) is 0 Å². The van der Waals surface area contributed by atoms with Crippen molar-refractivity contribution in [3.05, 3.63) is 87.1 Å². The van der Waals surface area contributed by atoms with Crippen LogP contribution in [0.3, 0.4) is 0 Å². The quantitative estimate of drug-likeness (QED) is 0.565. The molecule has 0 bridgehead atoms. The van der Waals surface area contributed by atoms with Gasteiger partial charge in [-0.15, -0.1) is 0 Å². The van der Waals surface area contributed by atoms with Gasteiger partial charge in [-0.25, -0.2) is 0 Å². The van der Waals surface area contributed by atoms with Crippen molar-refractivity contribution in [3.8, 4) is 0 Å². The van der Waals surface area contributed by atoms with E-state index in [1.165, 1.54) is 17.5 Å². The molecule has 2 fully saturated rings. The Labute approximate surface area is 123 Å². The average molecular weight is 279 g/mol. The van der Waals surface area contributed by atoms with Crippen LogP contribution in [0.1, 0.15) is 0 Å². The van der Waals surface area contributed by atoms with Crippen LogP contribution in [-0.4, -0.2) is 19.0 Å². The standard InChI is InChI=1S/C16H17N.Fe/c1-13(14-8-4-5-9-14)12-16(17(2)3)15-10-6-7-11-15;/h4-12H,1H2,2-3H3;/q;+2/b16-12+;. The zero-order valence-corrected chi connectivity index (χ0v) is 11.8. The summed E-state index contributed by atoms with van der Waals surface area (Å²) in [5, 5.41) is 0. The largest absolute Gasteiger partial charge is 2.00 e. The van der Waals surface area contributed by atoms with Crippen LogP contribution in [0, 0.1) is 63.2 Å². The molecule has 18 heavy (non-hydrogen) atoms. The molecule has 2 aliphatic rings. The SMILES string of the molecule is C=C(/C=C(\[C]1[CH][CH][CH][CH]1)N(C)C)[C]1[CH][CH][CH][CH]1.[Fe+2]. The number of rotatable bonds is 4. The molecule has 10 radical (unpaired) electrons. The Morgan fingerprint density at radius 3 is 1.83 bits per heavy atom. The first-order chi connectivity index (χ1) is 8.18. The third-order valence-corrected chi connectivity index (χ3v) is 2.78. The van der Waals surface area contributed by atoms with E-state index in [1.807, 2.05) is 12.8 Å². The summed E-state index contributed by atoms with van der Waals surface area (Å²) in [5.41, 5.74) is 2.22. The summed E-state index contributed by atoms with van der Waals surface area (Å²) in [4.78, 5) is 2.11. The molecule has 2 saturated carbocycles. The molecule has 0 aromatic heterocycles. The fourth-order valence-corrected chi connectivity index (χ4v) is 1.85. The molecule has 0 amide bonds. The van der Waals surface area contributed by atoms with Gasteiger partial charge >= 0.3 is 17.1 Å². The van der Waals surface area contributed by atoms with Crippen LogP contribution in [0.4, 0.5) is 0 Å². The van der Waals surface area contributed by atoms with Crippen LogP contribution < -0.4 is 0 Å². The van der Waals surface area contributed by atoms with Gasteiger partial charge < -0.3 is 4.90 Å². The Morgan fingerprint density at radius 1 is 0.944 bits per heavy atom. The number of hydrogen-bond acceptors (Lipinski definition) is 1. The molecule has 2 rings (SSSR count). The predicted molar refractivity (Wildman–Crippen MR) is 71.8 cm³/mol. The topological polar surface area (TPSA) is 3.24 Å². The number of allylic oxidation sites excluding steroid dienone is 3. The van der Waals surface area contributed by atoms with E-state index in [-0.39, 0.29) is 17.1 Å². The van der Waals surface area contributed by atoms with Crippen LogP contribution in [0.25, 0.3) is 0 Å². The molecule has 0 aromatic carbocycles. The molecule has 1 nitrogen and oxygen atoms in total. The number of hydrogen-bond donors (Lipinski definition) is 0. The predicted octanol–water partition coefficient (Wildman–Crippen LogP) is 2.80. The fraction of sp³-hybridized carbons (Fsp3) is 0.125. The van der Waals surface area contributed by atoms with Crippen molar-refractivity contribution in [1.29, 1.82) is 0 Å². The molecular formula is C16H17FeN+2. The Kier molecular flexibility index (Phi) is 6.52. The summed E-state index contributed by atoms with van der Waals surface area (Å²) in [5.74, 6) is 2.40. The first-order valence-corrected chi connectivity index (χ1v) is 5.70. The average Bonchev–Trinajstić information content (AvgIpc) is 2.97. The molecule has 0 atom stereocenters. The minimum absolute atomic E-state index is 0. The van der Waals surface area contributed by atoms with Crippen LogP contribution in [0.5, 0.6) is 0 Å². The van der Waals surface area contributed by atoms with Crippen molar-refractivity contribution in [2.45, 2.75) is 0 Å². The van der Waals surface area contributed by atoms with Crippen LogP contribution >= 0.6 is 0 Å². The summed E-state index contributed by atoms with van der Waals surface area (Å²) < 4.78 is 0. The van der Waals surface area contributed by atoms with Crippen molar-refractivity contribution < 1.29 is 17.1 Å². The van der Waals surface area contributed by atoms with Gasteiger partial charge in [0.25, 0.3) is 0 Å². The second-order valence-electron chi connectivity index (χ2n) is 4.30. The van der Waals surface area contributed by atoms with Gasteiger partial charge in [-0.2, -0.15) is 0 Å². The van der Waals surface area contributed by atoms with Crippen molar-refractivity contribution in [2.75, 3.05) is 14.1 Å². The summed E-state index contributed by atoms with van der Waals surface area (Å²) in [7, 11) is 4.11. The zero-order chi connectivity index (χ0) is 12.3. The van der Waals surface area contributed by atoms with Gasteiger partial charge in [-0.1, -0.05) is 6.58 Å². The van der Waals surface area contributed by atoms with Gasteiger partial charge in [-0.3, -0.25) is 0 Å².